The van der Waals surface area contributed by atoms with Crippen LogP contribution in [0.1, 0.15) is 19.3 Å². The third-order valence-corrected chi connectivity index (χ3v) is 4.67. The molecule has 1 aliphatic carbocycles. The number of pyridine rings is 1. The highest BCUT2D eigenvalue weighted by atomic mass is 16.2. The largest absolute Gasteiger partial charge is 0.309 e. The maximum atomic E-state index is 12.4. The van der Waals surface area contributed by atoms with E-state index in [0.717, 1.165) is 43.0 Å². The van der Waals surface area contributed by atoms with Crippen molar-refractivity contribution in [2.75, 3.05) is 5.32 Å². The van der Waals surface area contributed by atoms with Crippen molar-refractivity contribution in [3.8, 4) is 11.4 Å². The Bertz CT molecular complexity index is 927. The standard InChI is InChI=1S/C20H22N6O/c27-20(15-25-13-10-18(24-25)17-8-4-5-11-21-17)23-19-9-12-22-26(19)14-16-6-2-1-3-7-16/h1-2,4-5,8-13,16H,3,6-7,14-15H2,(H,23,27)/t16-/m0/s1. The Balaban J connectivity index is 1.37. The minimum Gasteiger partial charge on any atom is -0.309 e. The predicted molar refractivity (Wildman–Crippen MR) is 103 cm³/mol. The van der Waals surface area contributed by atoms with Crippen LogP contribution in [0.4, 0.5) is 5.82 Å². The van der Waals surface area contributed by atoms with E-state index in [0.29, 0.717) is 5.92 Å². The number of rotatable bonds is 6. The van der Waals surface area contributed by atoms with Crippen LogP contribution in [-0.4, -0.2) is 30.5 Å². The molecule has 4 rings (SSSR count). The van der Waals surface area contributed by atoms with E-state index in [1.165, 1.54) is 0 Å². The van der Waals surface area contributed by atoms with Crippen LogP contribution in [0.2, 0.25) is 0 Å². The number of nitrogens with zero attached hydrogens (tertiary/aromatic N) is 5. The Morgan fingerprint density at radius 1 is 1.15 bits per heavy atom. The van der Waals surface area contributed by atoms with Gasteiger partial charge in [0.1, 0.15) is 18.1 Å². The summed E-state index contributed by atoms with van der Waals surface area (Å²) in [4.78, 5) is 16.7. The fraction of sp³-hybridized carbons (Fsp3) is 0.300. The van der Waals surface area contributed by atoms with Gasteiger partial charge in [0.15, 0.2) is 0 Å². The molecule has 1 atom stereocenters. The molecule has 7 nitrogen and oxygen atoms in total. The van der Waals surface area contributed by atoms with E-state index in [2.05, 4.69) is 32.7 Å². The van der Waals surface area contributed by atoms with Gasteiger partial charge in [0.05, 0.1) is 11.9 Å². The van der Waals surface area contributed by atoms with Crippen LogP contribution in [0.25, 0.3) is 11.4 Å². The molecule has 1 aliphatic rings. The van der Waals surface area contributed by atoms with Gasteiger partial charge in [0.25, 0.3) is 0 Å². The quantitative estimate of drug-likeness (QED) is 0.684. The Morgan fingerprint density at radius 3 is 2.93 bits per heavy atom. The van der Waals surface area contributed by atoms with E-state index in [4.69, 9.17) is 0 Å². The lowest BCUT2D eigenvalue weighted by Gasteiger charge is -2.19. The smallest absolute Gasteiger partial charge is 0.247 e. The number of aromatic nitrogens is 5. The molecule has 1 amide bonds. The number of hydrogen-bond acceptors (Lipinski definition) is 4. The molecule has 0 aromatic carbocycles. The van der Waals surface area contributed by atoms with E-state index in [1.807, 2.05) is 35.0 Å². The zero-order valence-electron chi connectivity index (χ0n) is 15.0. The van der Waals surface area contributed by atoms with Crippen molar-refractivity contribution in [3.63, 3.8) is 0 Å². The van der Waals surface area contributed by atoms with Gasteiger partial charge < -0.3 is 5.32 Å². The van der Waals surface area contributed by atoms with Crippen LogP contribution in [0, 0.1) is 5.92 Å². The van der Waals surface area contributed by atoms with Gasteiger partial charge in [-0.1, -0.05) is 18.2 Å². The summed E-state index contributed by atoms with van der Waals surface area (Å²) in [5, 5.41) is 11.7. The Morgan fingerprint density at radius 2 is 2.11 bits per heavy atom. The lowest BCUT2D eigenvalue weighted by atomic mass is 9.94. The minimum atomic E-state index is -0.129. The topological polar surface area (TPSA) is 77.6 Å². The molecule has 3 aromatic rings. The minimum absolute atomic E-state index is 0.129. The van der Waals surface area contributed by atoms with Crippen LogP contribution in [0.15, 0.2) is 61.1 Å². The summed E-state index contributed by atoms with van der Waals surface area (Å²) in [6, 6.07) is 9.36. The molecule has 7 heteroatoms. The van der Waals surface area contributed by atoms with Crippen molar-refractivity contribution in [3.05, 3.63) is 61.1 Å². The summed E-state index contributed by atoms with van der Waals surface area (Å²) in [5.74, 6) is 1.17. The van der Waals surface area contributed by atoms with Gasteiger partial charge in [-0.2, -0.15) is 10.2 Å². The highest BCUT2D eigenvalue weighted by Gasteiger charge is 2.15. The summed E-state index contributed by atoms with van der Waals surface area (Å²) in [7, 11) is 0. The molecule has 1 N–H and O–H groups in total. The predicted octanol–water partition coefficient (Wildman–Crippen LogP) is 3.14. The summed E-state index contributed by atoms with van der Waals surface area (Å²) in [6.45, 7) is 0.961. The molecule has 138 valence electrons. The van der Waals surface area contributed by atoms with Crippen LogP contribution >= 0.6 is 0 Å². The molecule has 3 heterocycles. The van der Waals surface area contributed by atoms with Crippen molar-refractivity contribution in [2.24, 2.45) is 5.92 Å². The number of amides is 1. The van der Waals surface area contributed by atoms with Gasteiger partial charge in [0.2, 0.25) is 5.91 Å². The molecule has 0 fully saturated rings. The van der Waals surface area contributed by atoms with Crippen LogP contribution in [-0.2, 0) is 17.9 Å². The third kappa shape index (κ3) is 4.31. The Hall–Kier alpha value is -3.22. The maximum absolute atomic E-state index is 12.4. The molecule has 0 spiro atoms. The van der Waals surface area contributed by atoms with Gasteiger partial charge in [-0.25, -0.2) is 4.68 Å². The van der Waals surface area contributed by atoms with E-state index in [1.54, 1.807) is 23.3 Å². The van der Waals surface area contributed by atoms with Crippen molar-refractivity contribution >= 4 is 11.7 Å². The summed E-state index contributed by atoms with van der Waals surface area (Å²) in [6.07, 6.45) is 13.0. The first kappa shape index (κ1) is 17.2. The molecule has 27 heavy (non-hydrogen) atoms. The van der Waals surface area contributed by atoms with Gasteiger partial charge in [0, 0.05) is 25.0 Å². The second-order valence-electron chi connectivity index (χ2n) is 6.71. The second kappa shape index (κ2) is 7.99. The molecule has 3 aromatic heterocycles. The van der Waals surface area contributed by atoms with E-state index in [9.17, 15) is 4.79 Å². The van der Waals surface area contributed by atoms with Crippen LogP contribution in [0.3, 0.4) is 0 Å². The highest BCUT2D eigenvalue weighted by Crippen LogP contribution is 2.21. The van der Waals surface area contributed by atoms with Crippen molar-refractivity contribution in [2.45, 2.75) is 32.4 Å². The van der Waals surface area contributed by atoms with E-state index >= 15 is 0 Å². The zero-order valence-corrected chi connectivity index (χ0v) is 15.0. The van der Waals surface area contributed by atoms with E-state index < -0.39 is 0 Å². The number of nitrogens with one attached hydrogen (secondary N) is 1. The van der Waals surface area contributed by atoms with Gasteiger partial charge in [-0.05, 0) is 43.4 Å². The number of allylic oxidation sites excluding steroid dienone is 2. The average molecular weight is 362 g/mol. The highest BCUT2D eigenvalue weighted by molar-refractivity contribution is 5.89. The lowest BCUT2D eigenvalue weighted by molar-refractivity contribution is -0.116. The number of hydrogen-bond donors (Lipinski definition) is 1. The molecular formula is C20H22N6O. The zero-order chi connectivity index (χ0) is 18.5. The molecule has 0 radical (unpaired) electrons. The van der Waals surface area contributed by atoms with Crippen molar-refractivity contribution < 1.29 is 4.79 Å². The summed E-state index contributed by atoms with van der Waals surface area (Å²) < 4.78 is 3.50. The van der Waals surface area contributed by atoms with Gasteiger partial charge in [-0.15, -0.1) is 0 Å². The molecule has 0 saturated carbocycles. The van der Waals surface area contributed by atoms with E-state index in [-0.39, 0.29) is 12.5 Å². The van der Waals surface area contributed by atoms with Gasteiger partial charge >= 0.3 is 0 Å². The fourth-order valence-corrected chi connectivity index (χ4v) is 3.28. The summed E-state index contributed by atoms with van der Waals surface area (Å²) in [5.41, 5.74) is 1.54. The second-order valence-corrected chi connectivity index (χ2v) is 6.71. The Labute approximate surface area is 157 Å². The monoisotopic (exact) mass is 362 g/mol. The number of carbonyl (C=O) groups excluding carboxylic acids is 1. The lowest BCUT2D eigenvalue weighted by Crippen LogP contribution is -2.22. The summed E-state index contributed by atoms with van der Waals surface area (Å²) >= 11 is 0. The first-order valence-corrected chi connectivity index (χ1v) is 9.19. The SMILES string of the molecule is O=C(Cn1ccc(-c2ccccn2)n1)Nc1ccnn1C[C@H]1CC=CCC1. The van der Waals surface area contributed by atoms with Gasteiger partial charge in [-0.3, -0.25) is 14.5 Å². The molecule has 0 unspecified atom stereocenters. The number of carbonyl (C=O) groups is 1. The van der Waals surface area contributed by atoms with Crippen molar-refractivity contribution in [1.29, 1.82) is 0 Å². The molecule has 0 saturated heterocycles. The Kier molecular flexibility index (Phi) is 5.09. The average Bonchev–Trinajstić information content (AvgIpc) is 3.33. The fourth-order valence-electron chi connectivity index (χ4n) is 3.28. The van der Waals surface area contributed by atoms with Crippen LogP contribution in [0.5, 0.6) is 0 Å². The third-order valence-electron chi connectivity index (χ3n) is 4.67. The van der Waals surface area contributed by atoms with Crippen molar-refractivity contribution in [1.82, 2.24) is 24.5 Å². The van der Waals surface area contributed by atoms with Crippen LogP contribution < -0.4 is 5.32 Å². The molecule has 0 bridgehead atoms. The first-order valence-electron chi connectivity index (χ1n) is 9.19. The normalized spacial score (nSPS) is 16.4. The maximum Gasteiger partial charge on any atom is 0.247 e. The number of anilines is 1. The molecule has 0 aliphatic heterocycles. The first-order chi connectivity index (χ1) is 13.3. The molecular weight excluding hydrogens is 340 g/mol.